The highest BCUT2D eigenvalue weighted by molar-refractivity contribution is 7.55. The Bertz CT molecular complexity index is 693. The molecule has 23 heavy (non-hydrogen) atoms. The maximum Gasteiger partial charge on any atom is 0.433 e. The zero-order valence-electron chi connectivity index (χ0n) is 14.7. The largest absolute Gasteiger partial charge is 0.433 e. The molecule has 0 amide bonds. The average molecular weight is 332 g/mol. The fourth-order valence-electron chi connectivity index (χ4n) is 2.06. The predicted molar refractivity (Wildman–Crippen MR) is 95.8 cm³/mol. The molecule has 0 saturated carbocycles. The molecule has 2 aromatic rings. The van der Waals surface area contributed by atoms with Crippen LogP contribution in [0.25, 0.3) is 0 Å². The van der Waals surface area contributed by atoms with Crippen molar-refractivity contribution in [3.8, 4) is 11.5 Å². The van der Waals surface area contributed by atoms with Crippen molar-refractivity contribution in [1.29, 1.82) is 0 Å². The lowest BCUT2D eigenvalue weighted by atomic mass is 10.1. The van der Waals surface area contributed by atoms with Crippen LogP contribution in [-0.2, 0) is 4.57 Å². The van der Waals surface area contributed by atoms with Gasteiger partial charge in [0.25, 0.3) is 0 Å². The molecule has 124 valence electrons. The Balaban J connectivity index is 2.29. The molecular weight excluding hydrogens is 307 g/mol. The molecule has 0 aromatic heterocycles. The summed E-state index contributed by atoms with van der Waals surface area (Å²) in [5.41, 5.74) is 4.30. The normalized spacial score (nSPS) is 11.6. The van der Waals surface area contributed by atoms with Crippen molar-refractivity contribution in [3.63, 3.8) is 0 Å². The first kappa shape index (κ1) is 17.6. The summed E-state index contributed by atoms with van der Waals surface area (Å²) >= 11 is 0. The Morgan fingerprint density at radius 3 is 1.43 bits per heavy atom. The third-order valence-electron chi connectivity index (χ3n) is 4.05. The molecule has 0 fully saturated rings. The minimum atomic E-state index is -3.31. The Labute approximate surface area is 139 Å². The Morgan fingerprint density at radius 2 is 1.13 bits per heavy atom. The fraction of sp³-hybridized carbons (Fsp3) is 0.368. The first-order valence-electron chi connectivity index (χ1n) is 7.84. The van der Waals surface area contributed by atoms with Crippen molar-refractivity contribution < 1.29 is 13.6 Å². The fourth-order valence-corrected chi connectivity index (χ4v) is 3.34. The summed E-state index contributed by atoms with van der Waals surface area (Å²) in [7, 11) is -3.31. The van der Waals surface area contributed by atoms with Crippen molar-refractivity contribution in [2.75, 3.05) is 0 Å². The van der Waals surface area contributed by atoms with Crippen LogP contribution in [0.15, 0.2) is 36.4 Å². The van der Waals surface area contributed by atoms with Gasteiger partial charge >= 0.3 is 7.60 Å². The van der Waals surface area contributed by atoms with Crippen molar-refractivity contribution in [1.82, 2.24) is 0 Å². The third-order valence-corrected chi connectivity index (χ3v) is 6.25. The van der Waals surface area contributed by atoms with Gasteiger partial charge in [-0.15, -0.1) is 0 Å². The molecule has 0 atom stereocenters. The number of rotatable bonds is 5. The highest BCUT2D eigenvalue weighted by atomic mass is 31.2. The second kappa shape index (κ2) is 6.80. The van der Waals surface area contributed by atoms with Gasteiger partial charge < -0.3 is 9.05 Å². The number of benzene rings is 2. The van der Waals surface area contributed by atoms with Crippen LogP contribution < -0.4 is 9.05 Å². The van der Waals surface area contributed by atoms with Gasteiger partial charge in [0.2, 0.25) is 0 Å². The molecule has 4 heteroatoms. The first-order valence-corrected chi connectivity index (χ1v) is 9.46. The quantitative estimate of drug-likeness (QED) is 0.632. The van der Waals surface area contributed by atoms with Crippen LogP contribution in [0.2, 0.25) is 0 Å². The maximum atomic E-state index is 13.2. The van der Waals surface area contributed by atoms with E-state index >= 15 is 0 Å². The molecule has 3 nitrogen and oxygen atoms in total. The molecule has 2 rings (SSSR count). The summed E-state index contributed by atoms with van der Waals surface area (Å²) in [6.45, 7) is 11.8. The maximum absolute atomic E-state index is 13.2. The molecule has 0 aliphatic rings. The lowest BCUT2D eigenvalue weighted by Crippen LogP contribution is -2.11. The van der Waals surface area contributed by atoms with E-state index in [9.17, 15) is 4.57 Å². The summed E-state index contributed by atoms with van der Waals surface area (Å²) in [4.78, 5) is 0. The van der Waals surface area contributed by atoms with Crippen molar-refractivity contribution in [2.24, 2.45) is 0 Å². The van der Waals surface area contributed by atoms with E-state index in [-0.39, 0.29) is 5.66 Å². The average Bonchev–Trinajstić information content (AvgIpc) is 2.47. The van der Waals surface area contributed by atoms with E-state index in [0.717, 1.165) is 11.1 Å². The summed E-state index contributed by atoms with van der Waals surface area (Å²) in [6.07, 6.45) is 0. The van der Waals surface area contributed by atoms with Crippen molar-refractivity contribution >= 4 is 7.60 Å². The first-order chi connectivity index (χ1) is 10.7. The van der Waals surface area contributed by atoms with Crippen LogP contribution in [0.5, 0.6) is 11.5 Å². The topological polar surface area (TPSA) is 35.5 Å². The summed E-state index contributed by atoms with van der Waals surface area (Å²) in [6, 6.07) is 11.4. The van der Waals surface area contributed by atoms with Gasteiger partial charge in [0.1, 0.15) is 11.5 Å². The zero-order valence-corrected chi connectivity index (χ0v) is 15.6. The zero-order chi connectivity index (χ0) is 17.2. The van der Waals surface area contributed by atoms with Gasteiger partial charge in [0.15, 0.2) is 0 Å². The molecule has 0 unspecified atom stereocenters. The highest BCUT2D eigenvalue weighted by Crippen LogP contribution is 2.52. The van der Waals surface area contributed by atoms with E-state index in [1.807, 2.05) is 77.9 Å². The minimum absolute atomic E-state index is 0.245. The standard InChI is InChI=1S/C19H25O3P/c1-13(2)23(20,21-18-9-7-14(3)16(5)11-18)22-19-10-8-15(4)17(6)12-19/h7-13H,1-6H3. The molecule has 0 N–H and O–H groups in total. The Morgan fingerprint density at radius 1 is 0.739 bits per heavy atom. The van der Waals surface area contributed by atoms with E-state index < -0.39 is 7.60 Å². The van der Waals surface area contributed by atoms with Gasteiger partial charge in [-0.1, -0.05) is 12.1 Å². The third kappa shape index (κ3) is 4.17. The lowest BCUT2D eigenvalue weighted by molar-refractivity contribution is 0.376. The lowest BCUT2D eigenvalue weighted by Gasteiger charge is -2.23. The second-order valence-corrected chi connectivity index (χ2v) is 8.79. The predicted octanol–water partition coefficient (Wildman–Crippen LogP) is 5.98. The minimum Gasteiger partial charge on any atom is -0.416 e. The highest BCUT2D eigenvalue weighted by Gasteiger charge is 2.33. The second-order valence-electron chi connectivity index (χ2n) is 6.31. The monoisotopic (exact) mass is 332 g/mol. The van der Waals surface area contributed by atoms with Gasteiger partial charge in [-0.25, -0.2) is 4.57 Å². The van der Waals surface area contributed by atoms with Gasteiger partial charge in [-0.2, -0.15) is 0 Å². The molecular formula is C19H25O3P. The molecule has 0 heterocycles. The van der Waals surface area contributed by atoms with E-state index in [4.69, 9.17) is 9.05 Å². The van der Waals surface area contributed by atoms with Gasteiger partial charge in [-0.05, 0) is 88.1 Å². The summed E-state index contributed by atoms with van der Waals surface area (Å²) in [5, 5.41) is 0. The summed E-state index contributed by atoms with van der Waals surface area (Å²) < 4.78 is 24.8. The smallest absolute Gasteiger partial charge is 0.416 e. The van der Waals surface area contributed by atoms with Gasteiger partial charge in [0, 0.05) is 0 Å². The van der Waals surface area contributed by atoms with Crippen LogP contribution in [-0.4, -0.2) is 5.66 Å². The Kier molecular flexibility index (Phi) is 5.21. The molecule has 0 aliphatic carbocycles. The Hall–Kier alpha value is -1.73. The molecule has 0 bridgehead atoms. The number of aryl methyl sites for hydroxylation is 4. The van der Waals surface area contributed by atoms with E-state index in [1.165, 1.54) is 11.1 Å². The van der Waals surface area contributed by atoms with Crippen molar-refractivity contribution in [2.45, 2.75) is 47.2 Å². The van der Waals surface area contributed by atoms with E-state index in [0.29, 0.717) is 11.5 Å². The summed E-state index contributed by atoms with van der Waals surface area (Å²) in [5.74, 6) is 1.16. The number of hydrogen-bond acceptors (Lipinski definition) is 3. The van der Waals surface area contributed by atoms with Crippen LogP contribution in [0.1, 0.15) is 36.1 Å². The van der Waals surface area contributed by atoms with E-state index in [1.54, 1.807) is 0 Å². The molecule has 0 saturated heterocycles. The van der Waals surface area contributed by atoms with Crippen LogP contribution in [0.3, 0.4) is 0 Å². The van der Waals surface area contributed by atoms with Crippen LogP contribution in [0.4, 0.5) is 0 Å². The van der Waals surface area contributed by atoms with Gasteiger partial charge in [0.05, 0.1) is 5.66 Å². The molecule has 2 aromatic carbocycles. The molecule has 0 radical (unpaired) electrons. The SMILES string of the molecule is Cc1ccc(OP(=O)(Oc2ccc(C)c(C)c2)C(C)C)cc1C. The van der Waals surface area contributed by atoms with E-state index in [2.05, 4.69) is 0 Å². The molecule has 0 spiro atoms. The van der Waals surface area contributed by atoms with Crippen molar-refractivity contribution in [3.05, 3.63) is 58.7 Å². The van der Waals surface area contributed by atoms with Crippen LogP contribution >= 0.6 is 7.60 Å². The number of hydrogen-bond donors (Lipinski definition) is 0. The molecule has 0 aliphatic heterocycles. The van der Waals surface area contributed by atoms with Crippen LogP contribution in [0, 0.1) is 27.7 Å². The van der Waals surface area contributed by atoms with Gasteiger partial charge in [-0.3, -0.25) is 0 Å².